The predicted octanol–water partition coefficient (Wildman–Crippen LogP) is 4.91. The Bertz CT molecular complexity index is 770. The maximum absolute atomic E-state index is 5.83. The number of thioether (sulfide) groups is 1. The topological polar surface area (TPSA) is 38.9 Å². The van der Waals surface area contributed by atoms with Gasteiger partial charge in [-0.25, -0.2) is 0 Å². The fraction of sp³-hybridized carbons (Fsp3) is 0.222. The van der Waals surface area contributed by atoms with E-state index in [4.69, 9.17) is 4.42 Å². The Morgan fingerprint density at radius 2 is 1.77 bits per heavy atom. The third-order valence-electron chi connectivity index (χ3n) is 3.98. The first-order valence-corrected chi connectivity index (χ1v) is 8.41. The summed E-state index contributed by atoms with van der Waals surface area (Å²) in [4.78, 5) is 0. The van der Waals surface area contributed by atoms with Gasteiger partial charge in [0.05, 0.1) is 0 Å². The fourth-order valence-electron chi connectivity index (χ4n) is 2.91. The third-order valence-corrected chi connectivity index (χ3v) is 5.13. The lowest BCUT2D eigenvalue weighted by molar-refractivity contribution is 0.463. The summed E-state index contributed by atoms with van der Waals surface area (Å²) in [5.41, 5.74) is 3.83. The molecule has 0 N–H and O–H groups in total. The summed E-state index contributed by atoms with van der Waals surface area (Å²) < 4.78 is 5.83. The van der Waals surface area contributed by atoms with Crippen LogP contribution in [0, 0.1) is 0 Å². The van der Waals surface area contributed by atoms with Gasteiger partial charge < -0.3 is 4.42 Å². The van der Waals surface area contributed by atoms with Crippen LogP contribution in [0.1, 0.15) is 29.2 Å². The number of aromatic nitrogens is 2. The zero-order valence-electron chi connectivity index (χ0n) is 12.1. The molecule has 0 spiro atoms. The minimum atomic E-state index is 0.411. The molecule has 22 heavy (non-hydrogen) atoms. The Morgan fingerprint density at radius 3 is 2.68 bits per heavy atom. The van der Waals surface area contributed by atoms with E-state index in [0.29, 0.717) is 16.4 Å². The average Bonchev–Trinajstić information content (AvgIpc) is 3.05. The molecule has 1 unspecified atom stereocenters. The lowest BCUT2D eigenvalue weighted by Gasteiger charge is -2.23. The van der Waals surface area contributed by atoms with Crippen LogP contribution in [0.15, 0.2) is 64.2 Å². The van der Waals surface area contributed by atoms with Crippen LogP contribution in [0.5, 0.6) is 0 Å². The Kier molecular flexibility index (Phi) is 3.69. The number of hydrogen-bond acceptors (Lipinski definition) is 4. The number of hydrogen-bond donors (Lipinski definition) is 0. The third kappa shape index (κ3) is 2.66. The lowest BCUT2D eigenvalue weighted by Crippen LogP contribution is -2.06. The Balaban J connectivity index is 1.57. The van der Waals surface area contributed by atoms with Crippen molar-refractivity contribution in [3.05, 3.63) is 65.7 Å². The predicted molar refractivity (Wildman–Crippen MR) is 87.7 cm³/mol. The molecule has 0 amide bonds. The first kappa shape index (κ1) is 13.6. The van der Waals surface area contributed by atoms with E-state index in [-0.39, 0.29) is 0 Å². The SMILES string of the molecule is c1ccc(-c2nnc(SC3CCCc4ccccc43)o2)cc1. The smallest absolute Gasteiger partial charge is 0.277 e. The van der Waals surface area contributed by atoms with Crippen LogP contribution in [0.4, 0.5) is 0 Å². The highest BCUT2D eigenvalue weighted by molar-refractivity contribution is 7.99. The van der Waals surface area contributed by atoms with Crippen molar-refractivity contribution >= 4 is 11.8 Å². The van der Waals surface area contributed by atoms with Gasteiger partial charge in [-0.05, 0) is 42.5 Å². The first-order valence-electron chi connectivity index (χ1n) is 7.53. The Morgan fingerprint density at radius 1 is 0.955 bits per heavy atom. The van der Waals surface area contributed by atoms with Crippen molar-refractivity contribution in [3.63, 3.8) is 0 Å². The van der Waals surface area contributed by atoms with Crippen LogP contribution < -0.4 is 0 Å². The monoisotopic (exact) mass is 308 g/mol. The van der Waals surface area contributed by atoms with Crippen molar-refractivity contribution in [1.82, 2.24) is 10.2 Å². The molecule has 4 rings (SSSR count). The summed E-state index contributed by atoms with van der Waals surface area (Å²) in [6, 6.07) is 18.6. The van der Waals surface area contributed by atoms with Crippen molar-refractivity contribution in [3.8, 4) is 11.5 Å². The van der Waals surface area contributed by atoms with E-state index < -0.39 is 0 Å². The van der Waals surface area contributed by atoms with Gasteiger partial charge in [0.1, 0.15) is 0 Å². The molecule has 0 bridgehead atoms. The van der Waals surface area contributed by atoms with E-state index in [2.05, 4.69) is 34.5 Å². The number of aryl methyl sites for hydroxylation is 1. The molecule has 0 fully saturated rings. The second-order valence-electron chi connectivity index (χ2n) is 5.44. The van der Waals surface area contributed by atoms with Gasteiger partial charge in [-0.2, -0.15) is 0 Å². The van der Waals surface area contributed by atoms with Gasteiger partial charge in [-0.1, -0.05) is 54.2 Å². The molecular weight excluding hydrogens is 292 g/mol. The largest absolute Gasteiger partial charge is 0.411 e. The van der Waals surface area contributed by atoms with Gasteiger partial charge in [0.15, 0.2) is 0 Å². The van der Waals surface area contributed by atoms with Gasteiger partial charge >= 0.3 is 0 Å². The molecular formula is C18H16N2OS. The summed E-state index contributed by atoms with van der Waals surface area (Å²) in [6.07, 6.45) is 3.55. The van der Waals surface area contributed by atoms with Crippen LogP contribution in [0.3, 0.4) is 0 Å². The molecule has 1 aliphatic carbocycles. The molecule has 0 aliphatic heterocycles. The fourth-order valence-corrected chi connectivity index (χ4v) is 4.01. The molecule has 1 atom stereocenters. The minimum absolute atomic E-state index is 0.411. The quantitative estimate of drug-likeness (QED) is 0.689. The summed E-state index contributed by atoms with van der Waals surface area (Å²) >= 11 is 1.68. The van der Waals surface area contributed by atoms with E-state index in [9.17, 15) is 0 Å². The van der Waals surface area contributed by atoms with E-state index in [1.807, 2.05) is 30.3 Å². The maximum atomic E-state index is 5.83. The van der Waals surface area contributed by atoms with Crippen LogP contribution in [-0.2, 0) is 6.42 Å². The Labute approximate surface area is 133 Å². The summed E-state index contributed by atoms with van der Waals surface area (Å²) in [6.45, 7) is 0. The highest BCUT2D eigenvalue weighted by Gasteiger charge is 2.23. The maximum Gasteiger partial charge on any atom is 0.277 e. The summed E-state index contributed by atoms with van der Waals surface area (Å²) in [5.74, 6) is 0.590. The molecule has 3 aromatic rings. The molecule has 0 saturated heterocycles. The van der Waals surface area contributed by atoms with Crippen molar-refractivity contribution in [2.75, 3.05) is 0 Å². The van der Waals surface area contributed by atoms with Crippen molar-refractivity contribution in [1.29, 1.82) is 0 Å². The lowest BCUT2D eigenvalue weighted by atomic mass is 9.91. The average molecular weight is 308 g/mol. The molecule has 1 aromatic heterocycles. The van der Waals surface area contributed by atoms with Crippen molar-refractivity contribution in [2.45, 2.75) is 29.7 Å². The Hall–Kier alpha value is -2.07. The van der Waals surface area contributed by atoms with Crippen molar-refractivity contribution in [2.24, 2.45) is 0 Å². The van der Waals surface area contributed by atoms with E-state index in [1.165, 1.54) is 24.0 Å². The second kappa shape index (κ2) is 5.97. The van der Waals surface area contributed by atoms with Gasteiger partial charge in [-0.3, -0.25) is 0 Å². The molecule has 0 saturated carbocycles. The number of rotatable bonds is 3. The molecule has 110 valence electrons. The normalized spacial score (nSPS) is 17.2. The van der Waals surface area contributed by atoms with Crippen LogP contribution >= 0.6 is 11.8 Å². The second-order valence-corrected chi connectivity index (χ2v) is 6.59. The molecule has 1 heterocycles. The van der Waals surface area contributed by atoms with E-state index >= 15 is 0 Å². The van der Waals surface area contributed by atoms with Crippen LogP contribution in [-0.4, -0.2) is 10.2 Å². The highest BCUT2D eigenvalue weighted by Crippen LogP contribution is 2.43. The van der Waals surface area contributed by atoms with Crippen molar-refractivity contribution < 1.29 is 4.42 Å². The standard InChI is InChI=1S/C18H16N2OS/c1-2-8-14(9-3-1)17-19-20-18(21-17)22-16-12-6-10-13-7-4-5-11-15(13)16/h1-5,7-9,11,16H,6,10,12H2. The van der Waals surface area contributed by atoms with E-state index in [1.54, 1.807) is 11.8 Å². The minimum Gasteiger partial charge on any atom is -0.411 e. The number of nitrogens with zero attached hydrogens (tertiary/aromatic N) is 2. The van der Waals surface area contributed by atoms with E-state index in [0.717, 1.165) is 12.0 Å². The zero-order chi connectivity index (χ0) is 14.8. The number of fused-ring (bicyclic) bond motifs is 1. The summed E-state index contributed by atoms with van der Waals surface area (Å²) in [5, 5.41) is 9.44. The highest BCUT2D eigenvalue weighted by atomic mass is 32.2. The molecule has 2 aromatic carbocycles. The van der Waals surface area contributed by atoms with Gasteiger partial charge in [-0.15, -0.1) is 10.2 Å². The molecule has 4 heteroatoms. The molecule has 3 nitrogen and oxygen atoms in total. The van der Waals surface area contributed by atoms with Gasteiger partial charge in [0.2, 0.25) is 5.89 Å². The van der Waals surface area contributed by atoms with Crippen LogP contribution in [0.25, 0.3) is 11.5 Å². The first-order chi connectivity index (χ1) is 10.9. The zero-order valence-corrected chi connectivity index (χ0v) is 12.9. The molecule has 1 aliphatic rings. The number of benzene rings is 2. The van der Waals surface area contributed by atoms with Gasteiger partial charge in [0.25, 0.3) is 5.22 Å². The van der Waals surface area contributed by atoms with Crippen LogP contribution in [0.2, 0.25) is 0 Å². The molecule has 0 radical (unpaired) electrons. The van der Waals surface area contributed by atoms with Gasteiger partial charge in [0, 0.05) is 10.8 Å². The summed E-state index contributed by atoms with van der Waals surface area (Å²) in [7, 11) is 0.